The lowest BCUT2D eigenvalue weighted by Crippen LogP contribution is -2.04. The zero-order valence-corrected chi connectivity index (χ0v) is 21.9. The highest BCUT2D eigenvalue weighted by atomic mass is 32.2. The van der Waals surface area contributed by atoms with Crippen LogP contribution in [-0.2, 0) is 9.84 Å². The second-order valence-electron chi connectivity index (χ2n) is 9.38. The molecule has 0 N–H and O–H groups in total. The van der Waals surface area contributed by atoms with Crippen LogP contribution < -0.4 is 0 Å². The summed E-state index contributed by atoms with van der Waals surface area (Å²) in [5, 5.41) is 0. The fraction of sp³-hybridized carbons (Fsp3) is 0.194. The second-order valence-corrected chi connectivity index (χ2v) is 11.3. The van der Waals surface area contributed by atoms with Crippen LogP contribution in [-0.4, -0.2) is 14.2 Å². The first-order chi connectivity index (χ1) is 16.5. The van der Waals surface area contributed by atoms with E-state index in [9.17, 15) is 13.2 Å². The Balaban J connectivity index is 1.67. The predicted octanol–water partition coefficient (Wildman–Crippen LogP) is 7.27. The molecule has 0 bridgehead atoms. The maximum atomic E-state index is 13.2. The van der Waals surface area contributed by atoms with Gasteiger partial charge in [0, 0.05) is 11.1 Å². The van der Waals surface area contributed by atoms with Crippen molar-refractivity contribution in [2.75, 3.05) is 0 Å². The summed E-state index contributed by atoms with van der Waals surface area (Å²) in [4.78, 5) is 13.6. The highest BCUT2D eigenvalue weighted by Gasteiger charge is 2.20. The molecule has 0 spiro atoms. The quantitative estimate of drug-likeness (QED) is 0.281. The summed E-state index contributed by atoms with van der Waals surface area (Å²) < 4.78 is 26.5. The van der Waals surface area contributed by atoms with Gasteiger partial charge in [-0.1, -0.05) is 36.4 Å². The monoisotopic (exact) mass is 482 g/mol. The van der Waals surface area contributed by atoms with E-state index >= 15 is 0 Å². The molecule has 0 aliphatic rings. The third-order valence-corrected chi connectivity index (χ3v) is 8.59. The van der Waals surface area contributed by atoms with E-state index in [-0.39, 0.29) is 10.7 Å². The average Bonchev–Trinajstić information content (AvgIpc) is 2.82. The number of hydrogen-bond donors (Lipinski definition) is 0. The SMILES string of the molecule is Cc1ccc(C(=O)c2ccc(-c3ccc(S(=O)(=O)c4ccc(C)c(C)c4)cc3C)c(C)c2)cc1C. The van der Waals surface area contributed by atoms with E-state index in [2.05, 4.69) is 0 Å². The van der Waals surface area contributed by atoms with Crippen molar-refractivity contribution >= 4 is 15.6 Å². The highest BCUT2D eigenvalue weighted by molar-refractivity contribution is 7.91. The summed E-state index contributed by atoms with van der Waals surface area (Å²) in [6.45, 7) is 11.8. The molecule has 0 amide bonds. The van der Waals surface area contributed by atoms with Crippen LogP contribution in [0.3, 0.4) is 0 Å². The van der Waals surface area contributed by atoms with Crippen LogP contribution >= 0.6 is 0 Å². The summed E-state index contributed by atoms with van der Waals surface area (Å²) in [6, 6.07) is 22.0. The van der Waals surface area contributed by atoms with Gasteiger partial charge in [-0.25, -0.2) is 8.42 Å². The highest BCUT2D eigenvalue weighted by Crippen LogP contribution is 2.31. The minimum Gasteiger partial charge on any atom is -0.289 e. The van der Waals surface area contributed by atoms with E-state index in [1.165, 1.54) is 0 Å². The van der Waals surface area contributed by atoms with Gasteiger partial charge in [-0.2, -0.15) is 0 Å². The van der Waals surface area contributed by atoms with E-state index in [0.717, 1.165) is 44.5 Å². The molecule has 4 rings (SSSR count). The largest absolute Gasteiger partial charge is 0.289 e. The number of ketones is 1. The number of rotatable bonds is 5. The van der Waals surface area contributed by atoms with Gasteiger partial charge in [0.25, 0.3) is 0 Å². The van der Waals surface area contributed by atoms with Crippen LogP contribution in [0.25, 0.3) is 11.1 Å². The lowest BCUT2D eigenvalue weighted by molar-refractivity contribution is 0.103. The Hall–Kier alpha value is -3.50. The topological polar surface area (TPSA) is 51.2 Å². The molecule has 4 aromatic rings. The summed E-state index contributed by atoms with van der Waals surface area (Å²) in [7, 11) is -3.61. The standard InChI is InChI=1S/C31H30O3S/c1-19-7-9-25(15-21(19)3)31(32)26-10-13-29(23(5)16-26)30-14-12-28(18-24(30)6)35(33,34)27-11-8-20(2)22(4)17-27/h7-18H,1-6H3. The lowest BCUT2D eigenvalue weighted by atomic mass is 9.92. The molecule has 4 aromatic carbocycles. The minimum absolute atomic E-state index is 0.00527. The maximum absolute atomic E-state index is 13.2. The summed E-state index contributed by atoms with van der Waals surface area (Å²) >= 11 is 0. The fourth-order valence-electron chi connectivity index (χ4n) is 4.28. The molecule has 0 heterocycles. The third kappa shape index (κ3) is 4.71. The van der Waals surface area contributed by atoms with Crippen LogP contribution in [0.2, 0.25) is 0 Å². The molecule has 0 atom stereocenters. The van der Waals surface area contributed by atoms with Gasteiger partial charge in [0.05, 0.1) is 9.79 Å². The summed E-state index contributed by atoms with van der Waals surface area (Å²) in [5.41, 5.74) is 9.34. The van der Waals surface area contributed by atoms with Crippen LogP contribution in [0.4, 0.5) is 0 Å². The summed E-state index contributed by atoms with van der Waals surface area (Å²) in [5.74, 6) is -0.00527. The molecular formula is C31H30O3S. The van der Waals surface area contributed by atoms with E-state index in [1.807, 2.05) is 90.1 Å². The van der Waals surface area contributed by atoms with E-state index < -0.39 is 9.84 Å². The average molecular weight is 483 g/mol. The molecule has 0 saturated heterocycles. The van der Waals surface area contributed by atoms with Crippen LogP contribution in [0, 0.1) is 41.5 Å². The number of carbonyl (C=O) groups excluding carboxylic acids is 1. The van der Waals surface area contributed by atoms with E-state index in [0.29, 0.717) is 16.0 Å². The van der Waals surface area contributed by atoms with Crippen molar-refractivity contribution in [3.63, 3.8) is 0 Å². The Morgan fingerprint density at radius 3 is 1.40 bits per heavy atom. The van der Waals surface area contributed by atoms with Crippen molar-refractivity contribution in [3.8, 4) is 11.1 Å². The second kappa shape index (κ2) is 9.27. The Bertz CT molecular complexity index is 1580. The molecule has 0 aromatic heterocycles. The van der Waals surface area contributed by atoms with Gasteiger partial charge < -0.3 is 0 Å². The van der Waals surface area contributed by atoms with E-state index in [4.69, 9.17) is 0 Å². The van der Waals surface area contributed by atoms with Crippen molar-refractivity contribution in [1.82, 2.24) is 0 Å². The zero-order chi connectivity index (χ0) is 25.5. The van der Waals surface area contributed by atoms with Gasteiger partial charge in [0.2, 0.25) is 9.84 Å². The Labute approximate surface area is 208 Å². The molecule has 0 fully saturated rings. The molecule has 3 nitrogen and oxygen atoms in total. The first kappa shape index (κ1) is 24.6. The van der Waals surface area contributed by atoms with Gasteiger partial charge in [-0.3, -0.25) is 4.79 Å². The van der Waals surface area contributed by atoms with Crippen molar-refractivity contribution in [2.45, 2.75) is 51.3 Å². The molecule has 0 radical (unpaired) electrons. The normalized spacial score (nSPS) is 11.5. The maximum Gasteiger partial charge on any atom is 0.206 e. The Morgan fingerprint density at radius 2 is 0.886 bits per heavy atom. The predicted molar refractivity (Wildman–Crippen MR) is 142 cm³/mol. The van der Waals surface area contributed by atoms with Gasteiger partial charge in [0.15, 0.2) is 5.78 Å². The number of carbonyl (C=O) groups is 1. The Morgan fingerprint density at radius 1 is 0.486 bits per heavy atom. The Kier molecular flexibility index (Phi) is 6.52. The third-order valence-electron chi connectivity index (χ3n) is 6.84. The van der Waals surface area contributed by atoms with Crippen molar-refractivity contribution in [2.24, 2.45) is 0 Å². The van der Waals surface area contributed by atoms with Gasteiger partial charge in [-0.05, 0) is 122 Å². The van der Waals surface area contributed by atoms with Crippen LogP contribution in [0.1, 0.15) is 49.3 Å². The lowest BCUT2D eigenvalue weighted by Gasteiger charge is -2.14. The molecular weight excluding hydrogens is 452 g/mol. The number of aryl methyl sites for hydroxylation is 6. The van der Waals surface area contributed by atoms with Crippen molar-refractivity contribution < 1.29 is 13.2 Å². The molecule has 0 saturated carbocycles. The van der Waals surface area contributed by atoms with E-state index in [1.54, 1.807) is 24.3 Å². The van der Waals surface area contributed by atoms with Crippen molar-refractivity contribution in [1.29, 1.82) is 0 Å². The van der Waals surface area contributed by atoms with Crippen molar-refractivity contribution in [3.05, 3.63) is 117 Å². The number of benzene rings is 4. The zero-order valence-electron chi connectivity index (χ0n) is 21.1. The van der Waals surface area contributed by atoms with Gasteiger partial charge >= 0.3 is 0 Å². The molecule has 0 aliphatic heterocycles. The molecule has 0 unspecified atom stereocenters. The minimum atomic E-state index is -3.61. The first-order valence-electron chi connectivity index (χ1n) is 11.6. The smallest absolute Gasteiger partial charge is 0.206 e. The van der Waals surface area contributed by atoms with Gasteiger partial charge in [0.1, 0.15) is 0 Å². The number of sulfone groups is 1. The van der Waals surface area contributed by atoms with Gasteiger partial charge in [-0.15, -0.1) is 0 Å². The van der Waals surface area contributed by atoms with Crippen LogP contribution in [0.5, 0.6) is 0 Å². The molecule has 0 aliphatic carbocycles. The summed E-state index contributed by atoms with van der Waals surface area (Å²) in [6.07, 6.45) is 0. The number of hydrogen-bond acceptors (Lipinski definition) is 3. The first-order valence-corrected chi connectivity index (χ1v) is 13.1. The fourth-order valence-corrected chi connectivity index (χ4v) is 5.71. The molecule has 35 heavy (non-hydrogen) atoms. The molecule has 4 heteroatoms. The molecule has 178 valence electrons. The van der Waals surface area contributed by atoms with Crippen LogP contribution in [0.15, 0.2) is 82.6 Å².